The third-order valence-corrected chi connectivity index (χ3v) is 3.13. The quantitative estimate of drug-likeness (QED) is 0.670. The van der Waals surface area contributed by atoms with Gasteiger partial charge < -0.3 is 0 Å². The molecule has 1 aromatic rings. The molecule has 72 valence electrons. The summed E-state index contributed by atoms with van der Waals surface area (Å²) in [5.74, 6) is 3.30. The molecule has 0 aliphatic rings. The number of pyridine rings is 1. The predicted octanol–water partition coefficient (Wildman–Crippen LogP) is 3.01. The maximum absolute atomic E-state index is 4.00. The average molecular weight is 195 g/mol. The summed E-state index contributed by atoms with van der Waals surface area (Å²) < 4.78 is 0. The van der Waals surface area contributed by atoms with Crippen LogP contribution < -0.4 is 0 Å². The van der Waals surface area contributed by atoms with Gasteiger partial charge in [0.05, 0.1) is 0 Å². The van der Waals surface area contributed by atoms with Crippen molar-refractivity contribution in [1.29, 1.82) is 0 Å². The van der Waals surface area contributed by atoms with Crippen molar-refractivity contribution >= 4 is 11.8 Å². The lowest BCUT2D eigenvalue weighted by Gasteiger charge is -2.03. The lowest BCUT2D eigenvalue weighted by Crippen LogP contribution is -1.94. The maximum atomic E-state index is 4.00. The molecular formula is C11H17NS. The van der Waals surface area contributed by atoms with E-state index in [0.29, 0.717) is 0 Å². The molecule has 0 aliphatic heterocycles. The first-order valence-electron chi connectivity index (χ1n) is 4.75. The molecule has 1 nitrogen and oxygen atoms in total. The smallest absolute Gasteiger partial charge is 0.0270 e. The van der Waals surface area contributed by atoms with Crippen LogP contribution in [0, 0.1) is 5.92 Å². The Balaban J connectivity index is 2.13. The van der Waals surface area contributed by atoms with E-state index >= 15 is 0 Å². The summed E-state index contributed by atoms with van der Waals surface area (Å²) in [7, 11) is 0. The van der Waals surface area contributed by atoms with Crippen LogP contribution in [0.4, 0.5) is 0 Å². The van der Waals surface area contributed by atoms with Crippen molar-refractivity contribution in [2.45, 2.75) is 20.3 Å². The summed E-state index contributed by atoms with van der Waals surface area (Å²) in [6, 6.07) is 4.19. The Morgan fingerprint density at radius 1 is 1.31 bits per heavy atom. The zero-order chi connectivity index (χ0) is 9.52. The van der Waals surface area contributed by atoms with Crippen molar-refractivity contribution in [3.05, 3.63) is 30.1 Å². The summed E-state index contributed by atoms with van der Waals surface area (Å²) in [5, 5.41) is 0. The van der Waals surface area contributed by atoms with Crippen LogP contribution in [0.15, 0.2) is 24.5 Å². The van der Waals surface area contributed by atoms with Gasteiger partial charge in [0.2, 0.25) is 0 Å². The number of aromatic nitrogens is 1. The van der Waals surface area contributed by atoms with Crippen LogP contribution in [0.5, 0.6) is 0 Å². The van der Waals surface area contributed by atoms with Crippen molar-refractivity contribution in [3.8, 4) is 0 Å². The fourth-order valence-electron chi connectivity index (χ4n) is 1.06. The Hall–Kier alpha value is -0.500. The van der Waals surface area contributed by atoms with Gasteiger partial charge in [0, 0.05) is 12.4 Å². The van der Waals surface area contributed by atoms with E-state index in [-0.39, 0.29) is 0 Å². The first-order chi connectivity index (χ1) is 6.29. The summed E-state index contributed by atoms with van der Waals surface area (Å²) >= 11 is 2.04. The summed E-state index contributed by atoms with van der Waals surface area (Å²) in [6.45, 7) is 4.53. The number of aryl methyl sites for hydroxylation is 1. The molecule has 0 N–H and O–H groups in total. The molecule has 1 rings (SSSR count). The van der Waals surface area contributed by atoms with Gasteiger partial charge in [-0.1, -0.05) is 13.8 Å². The number of rotatable bonds is 5. The van der Waals surface area contributed by atoms with Crippen molar-refractivity contribution in [2.75, 3.05) is 11.5 Å². The molecule has 0 fully saturated rings. The molecule has 13 heavy (non-hydrogen) atoms. The number of nitrogens with zero attached hydrogens (tertiary/aromatic N) is 1. The molecule has 1 aromatic heterocycles. The molecule has 0 amide bonds. The van der Waals surface area contributed by atoms with Gasteiger partial charge in [-0.3, -0.25) is 4.98 Å². The van der Waals surface area contributed by atoms with Crippen molar-refractivity contribution in [2.24, 2.45) is 5.92 Å². The monoisotopic (exact) mass is 195 g/mol. The molecule has 0 saturated carbocycles. The minimum Gasteiger partial charge on any atom is -0.265 e. The van der Waals surface area contributed by atoms with Gasteiger partial charge in [0.15, 0.2) is 0 Å². The molecule has 0 atom stereocenters. The van der Waals surface area contributed by atoms with Crippen LogP contribution in [0.3, 0.4) is 0 Å². The molecule has 0 bridgehead atoms. The van der Waals surface area contributed by atoms with Gasteiger partial charge in [-0.15, -0.1) is 0 Å². The van der Waals surface area contributed by atoms with E-state index in [1.165, 1.54) is 23.5 Å². The van der Waals surface area contributed by atoms with Crippen LogP contribution in [-0.2, 0) is 6.42 Å². The molecule has 2 heteroatoms. The Labute approximate surface area is 85.0 Å². The number of hydrogen-bond acceptors (Lipinski definition) is 2. The Kier molecular flexibility index (Phi) is 4.91. The molecule has 0 aliphatic carbocycles. The van der Waals surface area contributed by atoms with Gasteiger partial charge in [0.25, 0.3) is 0 Å². The highest BCUT2D eigenvalue weighted by molar-refractivity contribution is 7.99. The first kappa shape index (κ1) is 10.6. The highest BCUT2D eigenvalue weighted by Gasteiger charge is 1.95. The number of thioether (sulfide) groups is 1. The standard InChI is InChI=1S/C11H17NS/c1-10(2)9-13-8-5-11-3-6-12-7-4-11/h3-4,6-7,10H,5,8-9H2,1-2H3. The fourth-order valence-corrected chi connectivity index (χ4v) is 2.08. The van der Waals surface area contributed by atoms with Gasteiger partial charge >= 0.3 is 0 Å². The molecule has 0 radical (unpaired) electrons. The normalized spacial score (nSPS) is 10.7. The van der Waals surface area contributed by atoms with E-state index in [1.54, 1.807) is 0 Å². The lowest BCUT2D eigenvalue weighted by atomic mass is 10.2. The van der Waals surface area contributed by atoms with Crippen LogP contribution in [0.1, 0.15) is 19.4 Å². The van der Waals surface area contributed by atoms with Gasteiger partial charge in [-0.05, 0) is 41.5 Å². The molecule has 0 saturated heterocycles. The zero-order valence-corrected chi connectivity index (χ0v) is 9.18. The summed E-state index contributed by atoms with van der Waals surface area (Å²) in [5.41, 5.74) is 1.39. The van der Waals surface area contributed by atoms with Gasteiger partial charge in [-0.2, -0.15) is 11.8 Å². The van der Waals surface area contributed by atoms with Crippen LogP contribution >= 0.6 is 11.8 Å². The largest absolute Gasteiger partial charge is 0.265 e. The van der Waals surface area contributed by atoms with E-state index in [1.807, 2.05) is 24.2 Å². The highest BCUT2D eigenvalue weighted by atomic mass is 32.2. The zero-order valence-electron chi connectivity index (χ0n) is 8.36. The Morgan fingerprint density at radius 3 is 2.62 bits per heavy atom. The van der Waals surface area contributed by atoms with E-state index in [2.05, 4.69) is 31.0 Å². The molecule has 0 unspecified atom stereocenters. The topological polar surface area (TPSA) is 12.9 Å². The predicted molar refractivity (Wildman–Crippen MR) is 60.1 cm³/mol. The number of hydrogen-bond donors (Lipinski definition) is 0. The molecule has 1 heterocycles. The van der Waals surface area contributed by atoms with E-state index in [0.717, 1.165) is 5.92 Å². The van der Waals surface area contributed by atoms with Crippen LogP contribution in [0.2, 0.25) is 0 Å². The van der Waals surface area contributed by atoms with Gasteiger partial charge in [0.1, 0.15) is 0 Å². The molecule has 0 spiro atoms. The first-order valence-corrected chi connectivity index (χ1v) is 5.91. The highest BCUT2D eigenvalue weighted by Crippen LogP contribution is 2.09. The third kappa shape index (κ3) is 4.94. The average Bonchev–Trinajstić information content (AvgIpc) is 2.14. The van der Waals surface area contributed by atoms with E-state index < -0.39 is 0 Å². The van der Waals surface area contributed by atoms with Gasteiger partial charge in [-0.25, -0.2) is 0 Å². The second-order valence-electron chi connectivity index (χ2n) is 3.57. The second kappa shape index (κ2) is 6.03. The maximum Gasteiger partial charge on any atom is 0.0270 e. The minimum atomic E-state index is 0.808. The van der Waals surface area contributed by atoms with Crippen LogP contribution in [0.25, 0.3) is 0 Å². The fraction of sp³-hybridized carbons (Fsp3) is 0.545. The minimum absolute atomic E-state index is 0.808. The second-order valence-corrected chi connectivity index (χ2v) is 4.72. The lowest BCUT2D eigenvalue weighted by molar-refractivity contribution is 0.750. The third-order valence-electron chi connectivity index (χ3n) is 1.74. The molecule has 0 aromatic carbocycles. The Morgan fingerprint density at radius 2 is 2.00 bits per heavy atom. The molecular weight excluding hydrogens is 178 g/mol. The van der Waals surface area contributed by atoms with Crippen molar-refractivity contribution < 1.29 is 0 Å². The summed E-state index contributed by atoms with van der Waals surface area (Å²) in [6.07, 6.45) is 4.89. The van der Waals surface area contributed by atoms with E-state index in [9.17, 15) is 0 Å². The Bertz CT molecular complexity index is 221. The SMILES string of the molecule is CC(C)CSCCc1ccncc1. The summed E-state index contributed by atoms with van der Waals surface area (Å²) in [4.78, 5) is 4.00. The van der Waals surface area contributed by atoms with Crippen LogP contribution in [-0.4, -0.2) is 16.5 Å². The van der Waals surface area contributed by atoms with Crippen molar-refractivity contribution in [3.63, 3.8) is 0 Å². The van der Waals surface area contributed by atoms with E-state index in [4.69, 9.17) is 0 Å². The van der Waals surface area contributed by atoms with Crippen molar-refractivity contribution in [1.82, 2.24) is 4.98 Å².